The van der Waals surface area contributed by atoms with Crippen molar-refractivity contribution in [3.63, 3.8) is 0 Å². The van der Waals surface area contributed by atoms with Crippen LogP contribution in [-0.2, 0) is 10.2 Å². The Bertz CT molecular complexity index is 444. The summed E-state index contributed by atoms with van der Waals surface area (Å²) in [7, 11) is 1.62. The molecule has 112 valence electrons. The van der Waals surface area contributed by atoms with Gasteiger partial charge in [0.2, 0.25) is 0 Å². The number of carbonyl (C=O) groups excluding carboxylic acids is 1. The molecule has 1 unspecified atom stereocenters. The zero-order chi connectivity index (χ0) is 15.2. The fourth-order valence-corrected chi connectivity index (χ4v) is 2.30. The van der Waals surface area contributed by atoms with Gasteiger partial charge in [0.1, 0.15) is 0 Å². The second-order valence-electron chi connectivity index (χ2n) is 5.88. The van der Waals surface area contributed by atoms with Crippen molar-refractivity contribution in [2.75, 3.05) is 20.3 Å². The quantitative estimate of drug-likeness (QED) is 0.840. The molecule has 0 spiro atoms. The van der Waals surface area contributed by atoms with Gasteiger partial charge in [-0.2, -0.15) is 0 Å². The molecule has 20 heavy (non-hydrogen) atoms. The van der Waals surface area contributed by atoms with E-state index in [1.807, 2.05) is 19.1 Å². The van der Waals surface area contributed by atoms with Crippen LogP contribution in [0, 0.1) is 6.92 Å². The Morgan fingerprint density at radius 1 is 1.35 bits per heavy atom. The first-order valence-corrected chi connectivity index (χ1v) is 6.96. The minimum absolute atomic E-state index is 0.00146. The number of amides is 2. The van der Waals surface area contributed by atoms with E-state index in [1.165, 1.54) is 11.1 Å². The number of methoxy groups -OCH3 is 1. The van der Waals surface area contributed by atoms with Crippen LogP contribution in [0.1, 0.15) is 31.9 Å². The predicted octanol–water partition coefficient (Wildman–Crippen LogP) is 2.61. The smallest absolute Gasteiger partial charge is 0.315 e. The SMILES string of the molecule is COCC(C)NC(=O)NCC(C)(C)c1ccccc1C. The average molecular weight is 278 g/mol. The van der Waals surface area contributed by atoms with Crippen molar-refractivity contribution in [2.24, 2.45) is 0 Å². The first-order valence-electron chi connectivity index (χ1n) is 6.96. The number of hydrogen-bond acceptors (Lipinski definition) is 2. The second kappa shape index (κ2) is 7.29. The van der Waals surface area contributed by atoms with Crippen LogP contribution < -0.4 is 10.6 Å². The number of hydrogen-bond donors (Lipinski definition) is 2. The summed E-state index contributed by atoms with van der Waals surface area (Å²) in [5.41, 5.74) is 2.39. The highest BCUT2D eigenvalue weighted by atomic mass is 16.5. The fraction of sp³-hybridized carbons (Fsp3) is 0.562. The maximum Gasteiger partial charge on any atom is 0.315 e. The van der Waals surface area contributed by atoms with Crippen molar-refractivity contribution >= 4 is 6.03 Å². The lowest BCUT2D eigenvalue weighted by molar-refractivity contribution is 0.170. The van der Waals surface area contributed by atoms with Crippen molar-refractivity contribution in [1.29, 1.82) is 0 Å². The summed E-state index contributed by atoms with van der Waals surface area (Å²) in [5.74, 6) is 0. The van der Waals surface area contributed by atoms with E-state index >= 15 is 0 Å². The number of ether oxygens (including phenoxy) is 1. The van der Waals surface area contributed by atoms with E-state index in [2.05, 4.69) is 43.5 Å². The third kappa shape index (κ3) is 4.85. The molecule has 0 bridgehead atoms. The van der Waals surface area contributed by atoms with Crippen LogP contribution >= 0.6 is 0 Å². The minimum Gasteiger partial charge on any atom is -0.383 e. The summed E-state index contributed by atoms with van der Waals surface area (Å²) in [5, 5.41) is 5.78. The monoisotopic (exact) mass is 278 g/mol. The van der Waals surface area contributed by atoms with Crippen LogP contribution in [0.25, 0.3) is 0 Å². The molecule has 0 aliphatic rings. The molecule has 0 saturated heterocycles. The zero-order valence-electron chi connectivity index (χ0n) is 13.1. The molecule has 4 nitrogen and oxygen atoms in total. The van der Waals surface area contributed by atoms with Crippen LogP contribution in [0.4, 0.5) is 4.79 Å². The number of aryl methyl sites for hydroxylation is 1. The summed E-state index contributed by atoms with van der Waals surface area (Å²) >= 11 is 0. The highest BCUT2D eigenvalue weighted by Crippen LogP contribution is 2.25. The predicted molar refractivity (Wildman–Crippen MR) is 82.1 cm³/mol. The van der Waals surface area contributed by atoms with E-state index in [-0.39, 0.29) is 17.5 Å². The maximum atomic E-state index is 11.8. The van der Waals surface area contributed by atoms with E-state index in [1.54, 1.807) is 7.11 Å². The number of rotatable bonds is 6. The van der Waals surface area contributed by atoms with Crippen molar-refractivity contribution in [3.8, 4) is 0 Å². The number of urea groups is 1. The molecule has 2 N–H and O–H groups in total. The van der Waals surface area contributed by atoms with E-state index < -0.39 is 0 Å². The van der Waals surface area contributed by atoms with E-state index in [0.717, 1.165) is 0 Å². The molecule has 1 aromatic carbocycles. The molecule has 0 saturated carbocycles. The molecule has 0 fully saturated rings. The lowest BCUT2D eigenvalue weighted by Gasteiger charge is -2.27. The third-order valence-electron chi connectivity index (χ3n) is 3.36. The van der Waals surface area contributed by atoms with Gasteiger partial charge in [0.15, 0.2) is 0 Å². The lowest BCUT2D eigenvalue weighted by Crippen LogP contribution is -2.46. The van der Waals surface area contributed by atoms with Crippen LogP contribution in [0.3, 0.4) is 0 Å². The normalized spacial score (nSPS) is 12.8. The first kappa shape index (κ1) is 16.5. The van der Waals surface area contributed by atoms with Gasteiger partial charge in [0.05, 0.1) is 12.6 Å². The van der Waals surface area contributed by atoms with Crippen LogP contribution in [-0.4, -0.2) is 32.3 Å². The summed E-state index contributed by atoms with van der Waals surface area (Å²) < 4.78 is 4.99. The topological polar surface area (TPSA) is 50.4 Å². The molecular formula is C16H26N2O2. The summed E-state index contributed by atoms with van der Waals surface area (Å²) in [6.07, 6.45) is 0. The van der Waals surface area contributed by atoms with Gasteiger partial charge in [-0.15, -0.1) is 0 Å². The molecular weight excluding hydrogens is 252 g/mol. The average Bonchev–Trinajstić information content (AvgIpc) is 2.37. The van der Waals surface area contributed by atoms with Gasteiger partial charge in [0.25, 0.3) is 0 Å². The molecule has 0 aliphatic carbocycles. The summed E-state index contributed by atoms with van der Waals surface area (Å²) in [4.78, 5) is 11.8. The third-order valence-corrected chi connectivity index (χ3v) is 3.36. The van der Waals surface area contributed by atoms with Crippen LogP contribution in [0.5, 0.6) is 0 Å². The summed E-state index contributed by atoms with van der Waals surface area (Å²) in [6.45, 7) is 9.37. The first-order chi connectivity index (χ1) is 9.36. The van der Waals surface area contributed by atoms with Crippen LogP contribution in [0.2, 0.25) is 0 Å². The molecule has 1 atom stereocenters. The van der Waals surface area contributed by atoms with E-state index in [0.29, 0.717) is 13.2 Å². The minimum atomic E-state index is -0.156. The van der Waals surface area contributed by atoms with Gasteiger partial charge >= 0.3 is 6.03 Å². The van der Waals surface area contributed by atoms with Gasteiger partial charge in [-0.05, 0) is 25.0 Å². The number of benzene rings is 1. The molecule has 0 radical (unpaired) electrons. The number of carbonyl (C=O) groups is 1. The van der Waals surface area contributed by atoms with Gasteiger partial charge in [-0.3, -0.25) is 0 Å². The van der Waals surface area contributed by atoms with Gasteiger partial charge in [0, 0.05) is 19.1 Å². The zero-order valence-corrected chi connectivity index (χ0v) is 13.1. The van der Waals surface area contributed by atoms with Crippen molar-refractivity contribution in [3.05, 3.63) is 35.4 Å². The van der Waals surface area contributed by atoms with Crippen molar-refractivity contribution in [2.45, 2.75) is 39.2 Å². The molecule has 0 heterocycles. The summed E-state index contributed by atoms with van der Waals surface area (Å²) in [6, 6.07) is 8.12. The molecule has 1 rings (SSSR count). The molecule has 0 aromatic heterocycles. The van der Waals surface area contributed by atoms with Crippen LogP contribution in [0.15, 0.2) is 24.3 Å². The molecule has 1 aromatic rings. The molecule has 2 amide bonds. The van der Waals surface area contributed by atoms with Crippen molar-refractivity contribution < 1.29 is 9.53 Å². The largest absolute Gasteiger partial charge is 0.383 e. The Labute approximate surface area is 121 Å². The maximum absolute atomic E-state index is 11.8. The fourth-order valence-electron chi connectivity index (χ4n) is 2.30. The second-order valence-corrected chi connectivity index (χ2v) is 5.88. The Kier molecular flexibility index (Phi) is 6.02. The molecule has 0 aliphatic heterocycles. The Balaban J connectivity index is 2.55. The highest BCUT2D eigenvalue weighted by molar-refractivity contribution is 5.74. The van der Waals surface area contributed by atoms with Gasteiger partial charge < -0.3 is 15.4 Å². The Morgan fingerprint density at radius 3 is 2.60 bits per heavy atom. The number of nitrogens with one attached hydrogen (secondary N) is 2. The Hall–Kier alpha value is -1.55. The molecule has 4 heteroatoms. The van der Waals surface area contributed by atoms with Gasteiger partial charge in [-0.1, -0.05) is 38.1 Å². The van der Waals surface area contributed by atoms with E-state index in [9.17, 15) is 4.79 Å². The van der Waals surface area contributed by atoms with E-state index in [4.69, 9.17) is 4.74 Å². The standard InChI is InChI=1S/C16H26N2O2/c1-12-8-6-7-9-14(12)16(3,4)11-17-15(19)18-13(2)10-20-5/h6-9,13H,10-11H2,1-5H3,(H2,17,18,19). The Morgan fingerprint density at radius 2 is 2.00 bits per heavy atom. The highest BCUT2D eigenvalue weighted by Gasteiger charge is 2.23. The van der Waals surface area contributed by atoms with Crippen molar-refractivity contribution in [1.82, 2.24) is 10.6 Å². The van der Waals surface area contributed by atoms with Gasteiger partial charge in [-0.25, -0.2) is 4.79 Å². The lowest BCUT2D eigenvalue weighted by atomic mass is 9.82.